The smallest absolute Gasteiger partial charge is 0.216 e. The molecule has 3 nitrogen and oxygen atoms in total. The van der Waals surface area contributed by atoms with Gasteiger partial charge in [-0.05, 0) is 19.8 Å². The van der Waals surface area contributed by atoms with Gasteiger partial charge >= 0.3 is 0 Å². The van der Waals surface area contributed by atoms with E-state index in [0.29, 0.717) is 11.4 Å². The van der Waals surface area contributed by atoms with Crippen LogP contribution in [0.1, 0.15) is 27.7 Å². The lowest BCUT2D eigenvalue weighted by Gasteiger charge is -2.20. The zero-order valence-electron chi connectivity index (χ0n) is 8.35. The topological polar surface area (TPSA) is 52.8 Å². The number of hydrogen-bond acceptors (Lipinski definition) is 4. The van der Waals surface area contributed by atoms with Crippen LogP contribution in [-0.2, 0) is 0 Å². The van der Waals surface area contributed by atoms with Crippen molar-refractivity contribution in [1.82, 2.24) is 0 Å². The van der Waals surface area contributed by atoms with Gasteiger partial charge in [0.25, 0.3) is 0 Å². The van der Waals surface area contributed by atoms with Crippen LogP contribution in [0.3, 0.4) is 0 Å². The molecule has 2 N–H and O–H groups in total. The Hall–Kier alpha value is 0.370. The number of hydrogen-bond donors (Lipinski definition) is 2. The fourth-order valence-corrected chi connectivity index (χ4v) is 3.62. The summed E-state index contributed by atoms with van der Waals surface area (Å²) in [7, 11) is -2.01. The van der Waals surface area contributed by atoms with E-state index in [0.717, 1.165) is 0 Å². The Bertz CT molecular complexity index is 228. The van der Waals surface area contributed by atoms with Crippen LogP contribution in [0.15, 0.2) is 4.99 Å². The first-order chi connectivity index (χ1) is 5.84. The van der Waals surface area contributed by atoms with Gasteiger partial charge in [0.2, 0.25) is 8.38 Å². The van der Waals surface area contributed by atoms with Gasteiger partial charge in [0.15, 0.2) is 0 Å². The molecule has 0 aromatic carbocycles. The summed E-state index contributed by atoms with van der Waals surface area (Å²) in [6, 6.07) is 0. The van der Waals surface area contributed by atoms with Crippen LogP contribution < -0.4 is 0 Å². The highest BCUT2D eigenvalue weighted by molar-refractivity contribution is 8.03. The highest BCUT2D eigenvalue weighted by Crippen LogP contribution is 2.48. The van der Waals surface area contributed by atoms with Crippen molar-refractivity contribution in [2.24, 2.45) is 10.9 Å². The average Bonchev–Trinajstić information content (AvgIpc) is 2.25. The maximum absolute atomic E-state index is 9.16. The maximum Gasteiger partial charge on any atom is 0.216 e. The molecule has 0 amide bonds. The Kier molecular flexibility index (Phi) is 3.39. The van der Waals surface area contributed by atoms with Crippen molar-refractivity contribution in [3.05, 3.63) is 0 Å². The molecule has 13 heavy (non-hydrogen) atoms. The zero-order chi connectivity index (χ0) is 10.2. The predicted molar refractivity (Wildman–Crippen MR) is 59.1 cm³/mol. The van der Waals surface area contributed by atoms with E-state index >= 15 is 0 Å². The van der Waals surface area contributed by atoms with Crippen molar-refractivity contribution < 1.29 is 9.79 Å². The summed E-state index contributed by atoms with van der Waals surface area (Å²) in [5, 5.41) is 0.175. The Morgan fingerprint density at radius 3 is 2.23 bits per heavy atom. The first kappa shape index (κ1) is 11.4. The first-order valence-corrected chi connectivity index (χ1v) is 6.41. The van der Waals surface area contributed by atoms with Gasteiger partial charge in [0.05, 0.1) is 10.1 Å². The van der Waals surface area contributed by atoms with E-state index in [9.17, 15) is 0 Å². The minimum Gasteiger partial charge on any atom is -0.346 e. The summed E-state index contributed by atoms with van der Waals surface area (Å²) in [5.74, 6) is 0.441. The molecule has 1 rings (SSSR count). The highest BCUT2D eigenvalue weighted by Gasteiger charge is 2.40. The van der Waals surface area contributed by atoms with Crippen LogP contribution in [0.2, 0.25) is 0 Å². The van der Waals surface area contributed by atoms with Crippen molar-refractivity contribution in [3.63, 3.8) is 0 Å². The number of thioether (sulfide) groups is 1. The summed E-state index contributed by atoms with van der Waals surface area (Å²) in [4.78, 5) is 22.7. The van der Waals surface area contributed by atoms with Gasteiger partial charge in [-0.15, -0.1) is 11.8 Å². The van der Waals surface area contributed by atoms with Crippen molar-refractivity contribution in [2.75, 3.05) is 0 Å². The molecule has 1 aliphatic heterocycles. The molecule has 5 heteroatoms. The number of rotatable bonds is 2. The monoisotopic (exact) mass is 221 g/mol. The van der Waals surface area contributed by atoms with Gasteiger partial charge < -0.3 is 9.79 Å². The third-order valence-electron chi connectivity index (χ3n) is 1.96. The lowest BCUT2D eigenvalue weighted by molar-refractivity contribution is 0.498. The van der Waals surface area contributed by atoms with Crippen LogP contribution in [0, 0.1) is 5.92 Å². The molecule has 1 atom stereocenters. The van der Waals surface area contributed by atoms with Crippen molar-refractivity contribution in [1.29, 1.82) is 0 Å². The Balaban J connectivity index is 2.84. The van der Waals surface area contributed by atoms with E-state index in [1.54, 1.807) is 11.8 Å². The van der Waals surface area contributed by atoms with E-state index < -0.39 is 8.38 Å². The van der Waals surface area contributed by atoms with E-state index in [1.165, 1.54) is 0 Å². The second-order valence-electron chi connectivity index (χ2n) is 4.00. The highest BCUT2D eigenvalue weighted by atomic mass is 32.2. The zero-order valence-corrected chi connectivity index (χ0v) is 10.1. The molecule has 0 aliphatic carbocycles. The van der Waals surface area contributed by atoms with Gasteiger partial charge in [0.1, 0.15) is 5.45 Å². The summed E-state index contributed by atoms with van der Waals surface area (Å²) in [6.07, 6.45) is 0. The molecule has 0 bridgehead atoms. The predicted octanol–water partition coefficient (Wildman–Crippen LogP) is 2.19. The minimum atomic E-state index is -2.01. The molecule has 0 aromatic heterocycles. The van der Waals surface area contributed by atoms with E-state index in [-0.39, 0.29) is 10.1 Å². The number of nitrogens with zero attached hydrogens (tertiary/aromatic N) is 1. The average molecular weight is 221 g/mol. The molecule has 0 saturated carbocycles. The second-order valence-corrected chi connectivity index (χ2v) is 6.75. The Morgan fingerprint density at radius 2 is 2.00 bits per heavy atom. The minimum absolute atomic E-state index is 0.175. The molecule has 0 aromatic rings. The fraction of sp³-hybridized carbons (Fsp3) is 0.875. The van der Waals surface area contributed by atoms with Gasteiger partial charge in [-0.1, -0.05) is 13.8 Å². The Morgan fingerprint density at radius 1 is 1.46 bits per heavy atom. The molecular weight excluding hydrogens is 205 g/mol. The van der Waals surface area contributed by atoms with Gasteiger partial charge in [-0.3, -0.25) is 4.99 Å². The van der Waals surface area contributed by atoms with Crippen LogP contribution in [0.25, 0.3) is 0 Å². The fourth-order valence-electron chi connectivity index (χ4n) is 1.23. The molecule has 0 fully saturated rings. The second kappa shape index (κ2) is 3.85. The van der Waals surface area contributed by atoms with Crippen LogP contribution in [0.4, 0.5) is 0 Å². The van der Waals surface area contributed by atoms with Crippen LogP contribution >= 0.6 is 20.1 Å². The number of aliphatic imine (C=N–C) groups is 1. The van der Waals surface area contributed by atoms with Crippen LogP contribution in [-0.4, -0.2) is 25.4 Å². The summed E-state index contributed by atoms with van der Waals surface area (Å²) in [5.41, 5.74) is 0.561. The Labute approximate surface area is 84.6 Å². The largest absolute Gasteiger partial charge is 0.346 e. The molecule has 0 spiro atoms. The standard InChI is InChI=1S/C8H16NO2PS/c1-5(2)6-9-7(12(10)11)8(3,4)13-6/h5-6,10-11H,1-4H3. The molecule has 76 valence electrons. The molecule has 0 radical (unpaired) electrons. The molecule has 1 aliphatic rings. The van der Waals surface area contributed by atoms with E-state index in [4.69, 9.17) is 9.79 Å². The molecule has 0 saturated heterocycles. The lowest BCUT2D eigenvalue weighted by Crippen LogP contribution is -2.22. The van der Waals surface area contributed by atoms with E-state index in [1.807, 2.05) is 13.8 Å². The van der Waals surface area contributed by atoms with Crippen molar-refractivity contribution in [3.8, 4) is 0 Å². The first-order valence-electron chi connectivity index (χ1n) is 4.28. The summed E-state index contributed by atoms with van der Waals surface area (Å²) >= 11 is 1.70. The van der Waals surface area contributed by atoms with Gasteiger partial charge in [-0.2, -0.15) is 0 Å². The summed E-state index contributed by atoms with van der Waals surface area (Å²) < 4.78 is -0.218. The molecule has 1 heterocycles. The van der Waals surface area contributed by atoms with Gasteiger partial charge in [-0.25, -0.2) is 0 Å². The summed E-state index contributed by atoms with van der Waals surface area (Å²) in [6.45, 7) is 8.16. The lowest BCUT2D eigenvalue weighted by atomic mass is 10.2. The normalized spacial score (nSPS) is 27.1. The molecule has 1 unspecified atom stereocenters. The quantitative estimate of drug-likeness (QED) is 0.703. The van der Waals surface area contributed by atoms with Gasteiger partial charge in [0, 0.05) is 0 Å². The SMILES string of the molecule is CC(C)C1N=C(P(O)O)C(C)(C)S1. The third kappa shape index (κ3) is 2.44. The van der Waals surface area contributed by atoms with E-state index in [2.05, 4.69) is 18.8 Å². The molecular formula is C8H16NO2PS. The van der Waals surface area contributed by atoms with Crippen molar-refractivity contribution in [2.45, 2.75) is 37.8 Å². The van der Waals surface area contributed by atoms with Crippen LogP contribution in [0.5, 0.6) is 0 Å². The van der Waals surface area contributed by atoms with Crippen molar-refractivity contribution >= 4 is 25.6 Å². The maximum atomic E-state index is 9.16. The third-order valence-corrected chi connectivity index (χ3v) is 4.84.